The third-order valence-corrected chi connectivity index (χ3v) is 2.68. The molecule has 0 N–H and O–H groups in total. The highest BCUT2D eigenvalue weighted by molar-refractivity contribution is 9.10. The second kappa shape index (κ2) is 4.73. The summed E-state index contributed by atoms with van der Waals surface area (Å²) >= 11 is 9.11. The Hall–Kier alpha value is -0.930. The van der Waals surface area contributed by atoms with Gasteiger partial charge in [0.15, 0.2) is 0 Å². The molecule has 0 saturated carbocycles. The summed E-state index contributed by atoms with van der Waals surface area (Å²) in [6.45, 7) is 0. The highest BCUT2D eigenvalue weighted by Gasteiger charge is 2.01. The monoisotopic (exact) mass is 282 g/mol. The summed E-state index contributed by atoms with van der Waals surface area (Å²) in [7, 11) is 0. The normalized spacial score (nSPS) is 10.3. The Kier molecular flexibility index (Phi) is 3.34. The quantitative estimate of drug-likeness (QED) is 0.786. The molecule has 0 spiro atoms. The van der Waals surface area contributed by atoms with Crippen molar-refractivity contribution in [2.24, 2.45) is 0 Å². The average Bonchev–Trinajstić information content (AvgIpc) is 2.29. The van der Waals surface area contributed by atoms with E-state index in [4.69, 9.17) is 11.6 Å². The fourth-order valence-electron chi connectivity index (χ4n) is 1.27. The van der Waals surface area contributed by atoms with Gasteiger partial charge in [0.05, 0.1) is 11.6 Å². The molecule has 4 heteroatoms. The van der Waals surface area contributed by atoms with Gasteiger partial charge in [-0.05, 0) is 18.2 Å². The van der Waals surface area contributed by atoms with Gasteiger partial charge in [-0.25, -0.2) is 9.97 Å². The Bertz CT molecular complexity index is 474. The summed E-state index contributed by atoms with van der Waals surface area (Å²) in [5.74, 6) is 0.983. The lowest BCUT2D eigenvalue weighted by Gasteiger charge is -2.02. The summed E-state index contributed by atoms with van der Waals surface area (Å²) in [5, 5.41) is 0. The lowest BCUT2D eigenvalue weighted by molar-refractivity contribution is 1.03. The molecular formula is C11H8BrClN2. The molecule has 0 aliphatic carbocycles. The molecule has 76 valence electrons. The standard InChI is InChI=1S/C11H8BrClN2/c12-9-3-1-2-8(6-9)10-4-5-14-11(7-13)15-10/h1-6H,7H2. The topological polar surface area (TPSA) is 25.8 Å². The number of benzene rings is 1. The molecular weight excluding hydrogens is 275 g/mol. The van der Waals surface area contributed by atoms with Crippen LogP contribution in [0.25, 0.3) is 11.3 Å². The summed E-state index contributed by atoms with van der Waals surface area (Å²) in [6.07, 6.45) is 1.72. The Morgan fingerprint density at radius 2 is 2.13 bits per heavy atom. The Balaban J connectivity index is 2.44. The molecule has 2 rings (SSSR count). The van der Waals surface area contributed by atoms with Crippen molar-refractivity contribution < 1.29 is 0 Å². The van der Waals surface area contributed by atoms with Crippen LogP contribution in [0, 0.1) is 0 Å². The number of hydrogen-bond acceptors (Lipinski definition) is 2. The van der Waals surface area contributed by atoms with Crippen LogP contribution in [0.4, 0.5) is 0 Å². The summed E-state index contributed by atoms with van der Waals surface area (Å²) < 4.78 is 1.03. The zero-order valence-electron chi connectivity index (χ0n) is 7.82. The van der Waals surface area contributed by atoms with Crippen molar-refractivity contribution in [1.29, 1.82) is 0 Å². The van der Waals surface area contributed by atoms with Gasteiger partial charge in [0.25, 0.3) is 0 Å². The van der Waals surface area contributed by atoms with Gasteiger partial charge < -0.3 is 0 Å². The van der Waals surface area contributed by atoms with E-state index in [2.05, 4.69) is 25.9 Å². The SMILES string of the molecule is ClCc1nccc(-c2cccc(Br)c2)n1. The number of nitrogens with zero attached hydrogens (tertiary/aromatic N) is 2. The number of alkyl halides is 1. The van der Waals surface area contributed by atoms with E-state index < -0.39 is 0 Å². The molecule has 1 aromatic carbocycles. The van der Waals surface area contributed by atoms with Gasteiger partial charge in [0.2, 0.25) is 0 Å². The Morgan fingerprint density at radius 1 is 1.27 bits per heavy atom. The first-order valence-corrected chi connectivity index (χ1v) is 5.76. The molecule has 2 aromatic rings. The molecule has 0 radical (unpaired) electrons. The summed E-state index contributed by atoms with van der Waals surface area (Å²) in [5.41, 5.74) is 1.94. The fraction of sp³-hybridized carbons (Fsp3) is 0.0909. The van der Waals surface area contributed by atoms with E-state index in [1.807, 2.05) is 30.3 Å². The van der Waals surface area contributed by atoms with E-state index in [0.717, 1.165) is 15.7 Å². The van der Waals surface area contributed by atoms with Crippen LogP contribution in [0.5, 0.6) is 0 Å². The van der Waals surface area contributed by atoms with Gasteiger partial charge >= 0.3 is 0 Å². The van der Waals surface area contributed by atoms with Crippen molar-refractivity contribution in [1.82, 2.24) is 9.97 Å². The van der Waals surface area contributed by atoms with E-state index in [1.54, 1.807) is 6.20 Å². The van der Waals surface area contributed by atoms with Gasteiger partial charge in [-0.2, -0.15) is 0 Å². The highest BCUT2D eigenvalue weighted by Crippen LogP contribution is 2.20. The predicted octanol–water partition coefficient (Wildman–Crippen LogP) is 3.64. The van der Waals surface area contributed by atoms with E-state index in [9.17, 15) is 0 Å². The average molecular weight is 284 g/mol. The van der Waals surface area contributed by atoms with Gasteiger partial charge in [-0.15, -0.1) is 11.6 Å². The Morgan fingerprint density at radius 3 is 2.87 bits per heavy atom. The van der Waals surface area contributed by atoms with Crippen LogP contribution in [0.2, 0.25) is 0 Å². The van der Waals surface area contributed by atoms with Gasteiger partial charge in [0.1, 0.15) is 5.82 Å². The van der Waals surface area contributed by atoms with Crippen LogP contribution in [-0.2, 0) is 5.88 Å². The Labute approximate surface area is 101 Å². The zero-order valence-corrected chi connectivity index (χ0v) is 10.2. The first-order chi connectivity index (χ1) is 7.29. The maximum absolute atomic E-state index is 5.68. The second-order valence-corrected chi connectivity index (χ2v) is 4.19. The van der Waals surface area contributed by atoms with Crippen LogP contribution < -0.4 is 0 Å². The third kappa shape index (κ3) is 2.55. The molecule has 0 bridgehead atoms. The van der Waals surface area contributed by atoms with Crippen LogP contribution in [0.15, 0.2) is 41.0 Å². The molecule has 0 aliphatic heterocycles. The van der Waals surface area contributed by atoms with E-state index in [-0.39, 0.29) is 0 Å². The number of aromatic nitrogens is 2. The predicted molar refractivity (Wildman–Crippen MR) is 64.7 cm³/mol. The maximum Gasteiger partial charge on any atom is 0.143 e. The van der Waals surface area contributed by atoms with Gasteiger partial charge in [-0.3, -0.25) is 0 Å². The molecule has 1 heterocycles. The van der Waals surface area contributed by atoms with E-state index >= 15 is 0 Å². The summed E-state index contributed by atoms with van der Waals surface area (Å²) in [4.78, 5) is 8.39. The van der Waals surface area contributed by atoms with Gasteiger partial charge in [0, 0.05) is 16.2 Å². The van der Waals surface area contributed by atoms with Crippen molar-refractivity contribution in [2.45, 2.75) is 5.88 Å². The van der Waals surface area contributed by atoms with Crippen LogP contribution in [0.1, 0.15) is 5.82 Å². The molecule has 1 aromatic heterocycles. The van der Waals surface area contributed by atoms with Gasteiger partial charge in [-0.1, -0.05) is 28.1 Å². The first-order valence-electron chi connectivity index (χ1n) is 4.43. The largest absolute Gasteiger partial charge is 0.240 e. The minimum atomic E-state index is 0.335. The fourth-order valence-corrected chi connectivity index (χ4v) is 1.80. The minimum Gasteiger partial charge on any atom is -0.240 e. The molecule has 0 atom stereocenters. The molecule has 0 unspecified atom stereocenters. The van der Waals surface area contributed by atoms with Crippen LogP contribution in [-0.4, -0.2) is 9.97 Å². The van der Waals surface area contributed by atoms with E-state index in [0.29, 0.717) is 11.7 Å². The molecule has 0 amide bonds. The lowest BCUT2D eigenvalue weighted by Crippen LogP contribution is -1.92. The van der Waals surface area contributed by atoms with Crippen molar-refractivity contribution in [3.8, 4) is 11.3 Å². The molecule has 0 aliphatic rings. The third-order valence-electron chi connectivity index (χ3n) is 1.95. The first kappa shape index (κ1) is 10.6. The lowest BCUT2D eigenvalue weighted by atomic mass is 10.1. The minimum absolute atomic E-state index is 0.335. The maximum atomic E-state index is 5.68. The van der Waals surface area contributed by atoms with E-state index in [1.165, 1.54) is 0 Å². The van der Waals surface area contributed by atoms with Crippen molar-refractivity contribution in [3.63, 3.8) is 0 Å². The van der Waals surface area contributed by atoms with Crippen molar-refractivity contribution in [3.05, 3.63) is 46.8 Å². The highest BCUT2D eigenvalue weighted by atomic mass is 79.9. The number of hydrogen-bond donors (Lipinski definition) is 0. The molecule has 0 fully saturated rings. The van der Waals surface area contributed by atoms with Crippen LogP contribution >= 0.6 is 27.5 Å². The smallest absolute Gasteiger partial charge is 0.143 e. The zero-order chi connectivity index (χ0) is 10.7. The molecule has 0 saturated heterocycles. The molecule has 15 heavy (non-hydrogen) atoms. The van der Waals surface area contributed by atoms with Crippen molar-refractivity contribution >= 4 is 27.5 Å². The second-order valence-electron chi connectivity index (χ2n) is 3.00. The number of rotatable bonds is 2. The summed E-state index contributed by atoms with van der Waals surface area (Å²) in [6, 6.07) is 9.85. The van der Waals surface area contributed by atoms with Crippen molar-refractivity contribution in [2.75, 3.05) is 0 Å². The number of halogens is 2. The van der Waals surface area contributed by atoms with Crippen LogP contribution in [0.3, 0.4) is 0 Å². The molecule has 2 nitrogen and oxygen atoms in total.